The summed E-state index contributed by atoms with van der Waals surface area (Å²) in [4.78, 5) is 11.5. The molecule has 3 nitrogen and oxygen atoms in total. The van der Waals surface area contributed by atoms with E-state index in [4.69, 9.17) is 21.6 Å². The molecule has 90 valence electrons. The van der Waals surface area contributed by atoms with E-state index in [-0.39, 0.29) is 18.3 Å². The van der Waals surface area contributed by atoms with Crippen LogP contribution in [-0.4, -0.2) is 12.6 Å². The van der Waals surface area contributed by atoms with Crippen molar-refractivity contribution in [2.75, 3.05) is 6.61 Å². The molecule has 0 heterocycles. The van der Waals surface area contributed by atoms with E-state index in [1.165, 1.54) is 0 Å². The number of halogens is 2. The molecular weight excluding hydrogens is 305 g/mol. The molecule has 0 saturated heterocycles. The van der Waals surface area contributed by atoms with E-state index < -0.39 is 0 Å². The van der Waals surface area contributed by atoms with Crippen molar-refractivity contribution in [3.05, 3.63) is 33.3 Å². The Balaban J connectivity index is 3.13. The number of esters is 1. The van der Waals surface area contributed by atoms with Crippen LogP contribution in [0.4, 0.5) is 0 Å². The van der Waals surface area contributed by atoms with Crippen LogP contribution >= 0.6 is 27.5 Å². The zero-order valence-corrected chi connectivity index (χ0v) is 11.6. The van der Waals surface area contributed by atoms with Gasteiger partial charge in [-0.25, -0.2) is 0 Å². The molecule has 0 spiro atoms. The van der Waals surface area contributed by atoms with Gasteiger partial charge >= 0.3 is 5.97 Å². The van der Waals surface area contributed by atoms with Crippen LogP contribution in [-0.2, 0) is 21.8 Å². The first-order valence-corrected chi connectivity index (χ1v) is 6.38. The number of hydrogen-bond acceptors (Lipinski definition) is 3. The van der Waals surface area contributed by atoms with Crippen molar-refractivity contribution in [1.29, 1.82) is 5.26 Å². The minimum absolute atomic E-state index is 0.117. The Labute approximate surface area is 113 Å². The van der Waals surface area contributed by atoms with Gasteiger partial charge in [-0.15, -0.1) is 11.6 Å². The molecule has 1 aromatic carbocycles. The number of nitriles is 1. The Kier molecular flexibility index (Phi) is 5.46. The number of carbonyl (C=O) groups excluding carboxylic acids is 1. The predicted octanol–water partition coefficient (Wildman–Crippen LogP) is 3.17. The molecule has 1 aromatic rings. The summed E-state index contributed by atoms with van der Waals surface area (Å²) in [5.74, 6) is -0.133. The molecule has 0 aliphatic rings. The smallest absolute Gasteiger partial charge is 0.310 e. The second kappa shape index (κ2) is 6.63. The highest BCUT2D eigenvalue weighted by Gasteiger charge is 2.15. The fourth-order valence-electron chi connectivity index (χ4n) is 1.47. The molecule has 5 heteroatoms. The van der Waals surface area contributed by atoms with Crippen molar-refractivity contribution < 1.29 is 9.53 Å². The standard InChI is InChI=1S/C12H11BrClNO2/c1-2-17-12(16)5-9-10(6-14)8(7-15)3-4-11(9)13/h3-4H,2,5-6H2,1H3. The van der Waals surface area contributed by atoms with Gasteiger partial charge in [0, 0.05) is 10.4 Å². The fraction of sp³-hybridized carbons (Fsp3) is 0.333. The molecule has 0 aliphatic heterocycles. The monoisotopic (exact) mass is 315 g/mol. The highest BCUT2D eigenvalue weighted by Crippen LogP contribution is 2.26. The van der Waals surface area contributed by atoms with Gasteiger partial charge in [0.1, 0.15) is 0 Å². The third kappa shape index (κ3) is 3.45. The molecule has 0 bridgehead atoms. The predicted molar refractivity (Wildman–Crippen MR) is 68.8 cm³/mol. The Bertz CT molecular complexity index is 468. The van der Waals surface area contributed by atoms with Crippen molar-refractivity contribution >= 4 is 33.5 Å². The summed E-state index contributed by atoms with van der Waals surface area (Å²) >= 11 is 9.18. The van der Waals surface area contributed by atoms with Gasteiger partial charge in [-0.1, -0.05) is 15.9 Å². The Hall–Kier alpha value is -1.05. The SMILES string of the molecule is CCOC(=O)Cc1c(Br)ccc(C#N)c1CCl. The van der Waals surface area contributed by atoms with Crippen LogP contribution in [0.3, 0.4) is 0 Å². The number of hydrogen-bond donors (Lipinski definition) is 0. The van der Waals surface area contributed by atoms with Crippen molar-refractivity contribution in [2.45, 2.75) is 19.2 Å². The zero-order valence-electron chi connectivity index (χ0n) is 9.30. The minimum Gasteiger partial charge on any atom is -0.466 e. The fourth-order valence-corrected chi connectivity index (χ4v) is 2.29. The molecule has 0 aliphatic carbocycles. The van der Waals surface area contributed by atoms with Gasteiger partial charge in [-0.2, -0.15) is 5.26 Å². The lowest BCUT2D eigenvalue weighted by Gasteiger charge is -2.10. The molecule has 1 rings (SSSR count). The average molecular weight is 317 g/mol. The van der Waals surface area contributed by atoms with Crippen LogP contribution in [0.5, 0.6) is 0 Å². The van der Waals surface area contributed by atoms with Crippen LogP contribution in [0.25, 0.3) is 0 Å². The van der Waals surface area contributed by atoms with Crippen molar-refractivity contribution in [2.24, 2.45) is 0 Å². The zero-order chi connectivity index (χ0) is 12.8. The van der Waals surface area contributed by atoms with Crippen LogP contribution in [0.2, 0.25) is 0 Å². The molecule has 0 atom stereocenters. The van der Waals surface area contributed by atoms with E-state index in [0.717, 1.165) is 10.0 Å². The lowest BCUT2D eigenvalue weighted by molar-refractivity contribution is -0.142. The Morgan fingerprint density at radius 1 is 1.53 bits per heavy atom. The van der Waals surface area contributed by atoms with E-state index in [2.05, 4.69) is 22.0 Å². The average Bonchev–Trinajstić information content (AvgIpc) is 2.31. The summed E-state index contributed by atoms with van der Waals surface area (Å²) in [7, 11) is 0. The largest absolute Gasteiger partial charge is 0.466 e. The number of rotatable bonds is 4. The second-order valence-electron chi connectivity index (χ2n) is 3.28. The van der Waals surface area contributed by atoms with E-state index in [1.807, 2.05) is 0 Å². The molecule has 0 saturated carbocycles. The van der Waals surface area contributed by atoms with Gasteiger partial charge in [-0.05, 0) is 30.2 Å². The number of ether oxygens (including phenoxy) is 1. The van der Waals surface area contributed by atoms with E-state index in [0.29, 0.717) is 17.7 Å². The second-order valence-corrected chi connectivity index (χ2v) is 4.40. The van der Waals surface area contributed by atoms with Gasteiger partial charge in [0.2, 0.25) is 0 Å². The first-order chi connectivity index (χ1) is 8.13. The van der Waals surface area contributed by atoms with E-state index >= 15 is 0 Å². The van der Waals surface area contributed by atoms with Crippen molar-refractivity contribution in [1.82, 2.24) is 0 Å². The van der Waals surface area contributed by atoms with Crippen LogP contribution < -0.4 is 0 Å². The molecule has 0 aromatic heterocycles. The summed E-state index contributed by atoms with van der Waals surface area (Å²) in [6, 6.07) is 5.48. The third-order valence-electron chi connectivity index (χ3n) is 2.25. The maximum atomic E-state index is 11.5. The summed E-state index contributed by atoms with van der Waals surface area (Å²) < 4.78 is 5.65. The quantitative estimate of drug-likeness (QED) is 0.633. The molecular formula is C12H11BrClNO2. The van der Waals surface area contributed by atoms with Gasteiger partial charge < -0.3 is 4.74 Å². The Morgan fingerprint density at radius 2 is 2.24 bits per heavy atom. The van der Waals surface area contributed by atoms with E-state index in [9.17, 15) is 4.79 Å². The summed E-state index contributed by atoms with van der Waals surface area (Å²) in [5.41, 5.74) is 1.89. The maximum Gasteiger partial charge on any atom is 0.310 e. The molecule has 17 heavy (non-hydrogen) atoms. The molecule has 0 fully saturated rings. The first-order valence-electron chi connectivity index (χ1n) is 5.06. The number of nitrogens with zero attached hydrogens (tertiary/aromatic N) is 1. The molecule has 0 radical (unpaired) electrons. The van der Waals surface area contributed by atoms with Gasteiger partial charge in [-0.3, -0.25) is 4.79 Å². The maximum absolute atomic E-state index is 11.5. The summed E-state index contributed by atoms with van der Waals surface area (Å²) in [6.45, 7) is 2.09. The molecule has 0 amide bonds. The first kappa shape index (κ1) is 14.0. The molecule has 0 unspecified atom stereocenters. The van der Waals surface area contributed by atoms with Gasteiger partial charge in [0.15, 0.2) is 0 Å². The highest BCUT2D eigenvalue weighted by atomic mass is 79.9. The highest BCUT2D eigenvalue weighted by molar-refractivity contribution is 9.10. The topological polar surface area (TPSA) is 50.1 Å². The van der Waals surface area contributed by atoms with Crippen LogP contribution in [0.1, 0.15) is 23.6 Å². The number of alkyl halides is 1. The minimum atomic E-state index is -0.324. The number of carbonyl (C=O) groups is 1. The summed E-state index contributed by atoms with van der Waals surface area (Å²) in [5, 5.41) is 8.96. The lowest BCUT2D eigenvalue weighted by atomic mass is 10.0. The van der Waals surface area contributed by atoms with E-state index in [1.54, 1.807) is 19.1 Å². The Morgan fingerprint density at radius 3 is 2.76 bits per heavy atom. The lowest BCUT2D eigenvalue weighted by Crippen LogP contribution is -2.10. The van der Waals surface area contributed by atoms with Gasteiger partial charge in [0.05, 0.1) is 24.7 Å². The van der Waals surface area contributed by atoms with Crippen LogP contribution in [0, 0.1) is 11.3 Å². The van der Waals surface area contributed by atoms with Crippen molar-refractivity contribution in [3.63, 3.8) is 0 Å². The summed E-state index contributed by atoms with van der Waals surface area (Å²) in [6.07, 6.45) is 0.117. The van der Waals surface area contributed by atoms with Crippen LogP contribution in [0.15, 0.2) is 16.6 Å². The van der Waals surface area contributed by atoms with Crippen molar-refractivity contribution in [3.8, 4) is 6.07 Å². The molecule has 0 N–H and O–H groups in total. The number of benzene rings is 1. The third-order valence-corrected chi connectivity index (χ3v) is 3.26. The normalized spacial score (nSPS) is 9.76. The van der Waals surface area contributed by atoms with Gasteiger partial charge in [0.25, 0.3) is 0 Å².